The summed E-state index contributed by atoms with van der Waals surface area (Å²) >= 11 is 0. The highest BCUT2D eigenvalue weighted by Crippen LogP contribution is 1.75. The maximum absolute atomic E-state index is 8.48. The third kappa shape index (κ3) is 4.35. The summed E-state index contributed by atoms with van der Waals surface area (Å²) < 4.78 is 0. The van der Waals surface area contributed by atoms with E-state index in [9.17, 15) is 0 Å². The van der Waals surface area contributed by atoms with E-state index < -0.39 is 0 Å². The smallest absolute Gasteiger partial charge is 0.0639 e. The van der Waals surface area contributed by atoms with Gasteiger partial charge in [-0.3, -0.25) is 5.09 Å². The second kappa shape index (κ2) is 3.54. The first kappa shape index (κ1) is 6.35. The summed E-state index contributed by atoms with van der Waals surface area (Å²) in [6.45, 7) is 2.38. The Hall–Kier alpha value is 0.350. The number of rotatable bonds is 2. The van der Waals surface area contributed by atoms with Crippen molar-refractivity contribution in [1.82, 2.24) is 5.09 Å². The summed E-state index contributed by atoms with van der Waals surface area (Å²) in [5.74, 6) is 0. The van der Waals surface area contributed by atoms with Crippen LogP contribution in [0.5, 0.6) is 0 Å². The SMILES string of the molecule is C[C@@H](O)CNP. The van der Waals surface area contributed by atoms with Crippen LogP contribution in [0, 0.1) is 0 Å². The van der Waals surface area contributed by atoms with Crippen molar-refractivity contribution in [3.05, 3.63) is 0 Å². The fraction of sp³-hybridized carbons (Fsp3) is 1.00. The van der Waals surface area contributed by atoms with Crippen LogP contribution < -0.4 is 5.09 Å². The first-order chi connectivity index (χ1) is 2.77. The standard InChI is InChI=1S/C3H10NOP/c1-3(5)2-4-6/h3-5H,2,6H2,1H3/t3-/m1/s1. The minimum Gasteiger partial charge on any atom is -0.392 e. The van der Waals surface area contributed by atoms with Crippen LogP contribution in [0.15, 0.2) is 0 Å². The second-order valence-electron chi connectivity index (χ2n) is 1.26. The lowest BCUT2D eigenvalue weighted by molar-refractivity contribution is 0.199. The van der Waals surface area contributed by atoms with Gasteiger partial charge in [0.05, 0.1) is 6.10 Å². The number of nitrogens with one attached hydrogen (secondary N) is 1. The molecule has 1 unspecified atom stereocenters. The van der Waals surface area contributed by atoms with Gasteiger partial charge in [0.1, 0.15) is 0 Å². The number of aliphatic hydroxyl groups excluding tert-OH is 1. The minimum absolute atomic E-state index is 0.234. The Kier molecular flexibility index (Phi) is 3.74. The van der Waals surface area contributed by atoms with E-state index in [1.165, 1.54) is 0 Å². The molecule has 0 bridgehead atoms. The summed E-state index contributed by atoms with van der Waals surface area (Å²) in [7, 11) is 2.31. The van der Waals surface area contributed by atoms with E-state index in [0.717, 1.165) is 0 Å². The Morgan fingerprint density at radius 1 is 2.00 bits per heavy atom. The van der Waals surface area contributed by atoms with Gasteiger partial charge < -0.3 is 5.11 Å². The van der Waals surface area contributed by atoms with Crippen molar-refractivity contribution < 1.29 is 5.11 Å². The predicted molar refractivity (Wildman–Crippen MR) is 29.4 cm³/mol. The fourth-order valence-corrected chi connectivity index (χ4v) is 0.512. The van der Waals surface area contributed by atoms with Crippen molar-refractivity contribution in [1.29, 1.82) is 0 Å². The summed E-state index contributed by atoms with van der Waals surface area (Å²) in [5.41, 5.74) is 0. The molecule has 2 atom stereocenters. The molecule has 0 aliphatic heterocycles. The van der Waals surface area contributed by atoms with Crippen molar-refractivity contribution in [3.8, 4) is 0 Å². The topological polar surface area (TPSA) is 32.3 Å². The molecule has 2 N–H and O–H groups in total. The first-order valence-corrected chi connectivity index (χ1v) is 2.46. The van der Waals surface area contributed by atoms with Crippen LogP contribution in [0.3, 0.4) is 0 Å². The molecule has 0 radical (unpaired) electrons. The molecule has 0 aromatic rings. The molecule has 0 aliphatic carbocycles. The first-order valence-electron chi connectivity index (χ1n) is 1.89. The molecular weight excluding hydrogens is 97.0 g/mol. The molecular formula is C3H10NOP. The summed E-state index contributed by atoms with van der Waals surface area (Å²) in [6, 6.07) is 0. The molecule has 0 rings (SSSR count). The summed E-state index contributed by atoms with van der Waals surface area (Å²) in [4.78, 5) is 0. The monoisotopic (exact) mass is 107 g/mol. The van der Waals surface area contributed by atoms with Crippen LogP contribution >= 0.6 is 9.39 Å². The molecule has 2 nitrogen and oxygen atoms in total. The lowest BCUT2D eigenvalue weighted by Gasteiger charge is -1.97. The van der Waals surface area contributed by atoms with Crippen LogP contribution in [0.25, 0.3) is 0 Å². The highest BCUT2D eigenvalue weighted by Gasteiger charge is 1.86. The van der Waals surface area contributed by atoms with Crippen LogP contribution in [-0.4, -0.2) is 17.8 Å². The number of hydrogen-bond acceptors (Lipinski definition) is 2. The molecule has 0 amide bonds. The van der Waals surface area contributed by atoms with Gasteiger partial charge in [0.25, 0.3) is 0 Å². The lowest BCUT2D eigenvalue weighted by Crippen LogP contribution is -2.14. The third-order valence-electron chi connectivity index (χ3n) is 0.413. The fourth-order valence-electron chi connectivity index (χ4n) is 0.171. The number of hydrogen-bond donors (Lipinski definition) is 2. The Labute approximate surface area is 40.2 Å². The Morgan fingerprint density at radius 2 is 2.50 bits per heavy atom. The van der Waals surface area contributed by atoms with Crippen molar-refractivity contribution >= 4 is 9.39 Å². The van der Waals surface area contributed by atoms with Gasteiger partial charge in [-0.05, 0) is 6.92 Å². The Balaban J connectivity index is 2.63. The molecule has 0 aromatic carbocycles. The van der Waals surface area contributed by atoms with Crippen LogP contribution in [-0.2, 0) is 0 Å². The molecule has 3 heteroatoms. The second-order valence-corrected chi connectivity index (χ2v) is 1.67. The summed E-state index contributed by atoms with van der Waals surface area (Å²) in [5, 5.41) is 11.2. The molecule has 0 fully saturated rings. The van der Waals surface area contributed by atoms with E-state index in [1.807, 2.05) is 0 Å². The molecule has 0 aliphatic rings. The zero-order chi connectivity index (χ0) is 4.99. The average Bonchev–Trinajstić information content (AvgIpc) is 1.35. The van der Waals surface area contributed by atoms with Gasteiger partial charge in [-0.2, -0.15) is 0 Å². The van der Waals surface area contributed by atoms with E-state index in [2.05, 4.69) is 14.5 Å². The molecule has 0 aromatic heterocycles. The van der Waals surface area contributed by atoms with Crippen LogP contribution in [0.1, 0.15) is 6.92 Å². The molecule has 0 saturated heterocycles. The molecule has 0 saturated carbocycles. The van der Waals surface area contributed by atoms with Gasteiger partial charge >= 0.3 is 0 Å². The summed E-state index contributed by atoms with van der Waals surface area (Å²) in [6.07, 6.45) is -0.234. The number of aliphatic hydroxyl groups is 1. The van der Waals surface area contributed by atoms with E-state index in [4.69, 9.17) is 5.11 Å². The average molecular weight is 107 g/mol. The molecule has 0 heterocycles. The van der Waals surface area contributed by atoms with Crippen molar-refractivity contribution in [3.63, 3.8) is 0 Å². The quantitative estimate of drug-likeness (QED) is 0.477. The lowest BCUT2D eigenvalue weighted by atomic mass is 10.4. The highest BCUT2D eigenvalue weighted by atomic mass is 31.0. The van der Waals surface area contributed by atoms with E-state index >= 15 is 0 Å². The van der Waals surface area contributed by atoms with Gasteiger partial charge in [-0.15, -0.1) is 0 Å². The predicted octanol–water partition coefficient (Wildman–Crippen LogP) is -0.253. The minimum atomic E-state index is -0.234. The zero-order valence-electron chi connectivity index (χ0n) is 3.81. The van der Waals surface area contributed by atoms with Gasteiger partial charge in [-0.1, -0.05) is 9.39 Å². The normalized spacial score (nSPS) is 14.5. The maximum atomic E-state index is 8.48. The van der Waals surface area contributed by atoms with Crippen molar-refractivity contribution in [2.75, 3.05) is 6.54 Å². The Morgan fingerprint density at radius 3 is 2.50 bits per heavy atom. The molecule has 0 spiro atoms. The van der Waals surface area contributed by atoms with Gasteiger partial charge in [-0.25, -0.2) is 0 Å². The highest BCUT2D eigenvalue weighted by molar-refractivity contribution is 7.13. The van der Waals surface area contributed by atoms with Gasteiger partial charge in [0.15, 0.2) is 0 Å². The van der Waals surface area contributed by atoms with Gasteiger partial charge in [0.2, 0.25) is 0 Å². The van der Waals surface area contributed by atoms with E-state index in [0.29, 0.717) is 6.54 Å². The van der Waals surface area contributed by atoms with E-state index in [-0.39, 0.29) is 6.10 Å². The Bertz CT molecular complexity index is 32.0. The third-order valence-corrected chi connectivity index (χ3v) is 0.649. The van der Waals surface area contributed by atoms with Crippen molar-refractivity contribution in [2.45, 2.75) is 13.0 Å². The van der Waals surface area contributed by atoms with Crippen molar-refractivity contribution in [2.24, 2.45) is 0 Å². The van der Waals surface area contributed by atoms with Crippen LogP contribution in [0.4, 0.5) is 0 Å². The van der Waals surface area contributed by atoms with Gasteiger partial charge in [0, 0.05) is 6.54 Å². The zero-order valence-corrected chi connectivity index (χ0v) is 4.96. The molecule has 6 heavy (non-hydrogen) atoms. The maximum Gasteiger partial charge on any atom is 0.0639 e. The van der Waals surface area contributed by atoms with Crippen LogP contribution in [0.2, 0.25) is 0 Å². The van der Waals surface area contributed by atoms with E-state index in [1.54, 1.807) is 6.92 Å². The largest absolute Gasteiger partial charge is 0.392 e. The molecule has 38 valence electrons.